The molecule has 1 aliphatic rings. The van der Waals surface area contributed by atoms with Gasteiger partial charge in [-0.2, -0.15) is 13.2 Å². The highest BCUT2D eigenvalue weighted by molar-refractivity contribution is 6.10. The molecule has 4 aromatic carbocycles. The molecule has 1 N–H and O–H groups in total. The van der Waals surface area contributed by atoms with E-state index in [-0.39, 0.29) is 12.5 Å². The van der Waals surface area contributed by atoms with E-state index in [9.17, 15) is 18.0 Å². The molecule has 0 saturated carbocycles. The van der Waals surface area contributed by atoms with Gasteiger partial charge in [0.05, 0.1) is 31.9 Å². The van der Waals surface area contributed by atoms with E-state index in [1.165, 1.54) is 12.1 Å². The van der Waals surface area contributed by atoms with Crippen LogP contribution in [0.5, 0.6) is 11.5 Å². The van der Waals surface area contributed by atoms with E-state index in [0.29, 0.717) is 39.8 Å². The molecule has 6 nitrogen and oxygen atoms in total. The first kappa shape index (κ1) is 35.8. The number of ether oxygens (including phenoxy) is 2. The Morgan fingerprint density at radius 1 is 0.898 bits per heavy atom. The number of rotatable bonds is 12. The summed E-state index contributed by atoms with van der Waals surface area (Å²) in [5.41, 5.74) is 5.19. The summed E-state index contributed by atoms with van der Waals surface area (Å²) in [6.45, 7) is 9.97. The van der Waals surface area contributed by atoms with Gasteiger partial charge in [0.15, 0.2) is 0 Å². The van der Waals surface area contributed by atoms with Gasteiger partial charge in [0.1, 0.15) is 11.5 Å². The normalized spacial score (nSPS) is 14.0. The summed E-state index contributed by atoms with van der Waals surface area (Å²) < 4.78 is 52.1. The number of nitrogens with zero attached hydrogens (tertiary/aromatic N) is 2. The van der Waals surface area contributed by atoms with Crippen LogP contribution >= 0.6 is 0 Å². The largest absolute Gasteiger partial charge is 0.496 e. The first-order chi connectivity index (χ1) is 23.6. The number of anilines is 2. The average Bonchev–Trinajstić information content (AvgIpc) is 3.12. The average molecular weight is 674 g/mol. The molecule has 0 aliphatic carbocycles. The van der Waals surface area contributed by atoms with Crippen molar-refractivity contribution in [1.29, 1.82) is 0 Å². The van der Waals surface area contributed by atoms with Crippen LogP contribution in [0.25, 0.3) is 11.1 Å². The lowest BCUT2D eigenvalue weighted by Crippen LogP contribution is -2.43. The number of nitrogens with one attached hydrogen (secondary N) is 1. The van der Waals surface area contributed by atoms with E-state index in [0.717, 1.165) is 80.0 Å². The number of halogens is 3. The fourth-order valence-corrected chi connectivity index (χ4v) is 6.62. The van der Waals surface area contributed by atoms with Crippen LogP contribution in [0.1, 0.15) is 71.6 Å². The van der Waals surface area contributed by atoms with Crippen LogP contribution in [0, 0.1) is 6.92 Å². The zero-order chi connectivity index (χ0) is 35.1. The van der Waals surface area contributed by atoms with Crippen LogP contribution in [0.3, 0.4) is 0 Å². The van der Waals surface area contributed by atoms with Crippen LogP contribution in [-0.2, 0) is 12.7 Å². The second-order valence-electron chi connectivity index (χ2n) is 12.6. The molecule has 1 aliphatic heterocycles. The first-order valence-corrected chi connectivity index (χ1v) is 17.0. The van der Waals surface area contributed by atoms with Gasteiger partial charge in [0.2, 0.25) is 0 Å². The molecule has 260 valence electrons. The minimum atomic E-state index is -4.46. The van der Waals surface area contributed by atoms with Crippen LogP contribution in [-0.4, -0.2) is 46.3 Å². The quantitative estimate of drug-likeness (QED) is 0.163. The molecule has 9 heteroatoms. The van der Waals surface area contributed by atoms with E-state index in [4.69, 9.17) is 9.47 Å². The molecule has 0 bridgehead atoms. The highest BCUT2D eigenvalue weighted by Gasteiger charge is 2.31. The molecule has 1 unspecified atom stereocenters. The standard InChI is InChI=1S/C40H46F3N3O3/c1-6-8-28(7-2)30-24-37(48-4)36(38(25-30)49-5)26-46(33-16-14-32(15-17-33)45-21-19-44-20-22-45)39(47)34-18-9-27(3)23-35(34)29-10-12-31(13-11-29)40(41,42)43/h9-18,23-25,28,44H,6-8,19-22,26H2,1-5H3. The molecular weight excluding hydrogens is 627 g/mol. The third-order valence-corrected chi connectivity index (χ3v) is 9.37. The van der Waals surface area contributed by atoms with Gasteiger partial charge in [-0.3, -0.25) is 4.79 Å². The molecule has 1 atom stereocenters. The van der Waals surface area contributed by atoms with Gasteiger partial charge in [0, 0.05) is 43.1 Å². The van der Waals surface area contributed by atoms with Gasteiger partial charge in [0.25, 0.3) is 5.91 Å². The highest BCUT2D eigenvalue weighted by atomic mass is 19.4. The van der Waals surface area contributed by atoms with Crippen molar-refractivity contribution in [1.82, 2.24) is 5.32 Å². The predicted octanol–water partition coefficient (Wildman–Crippen LogP) is 9.25. The zero-order valence-corrected chi connectivity index (χ0v) is 29.0. The lowest BCUT2D eigenvalue weighted by molar-refractivity contribution is -0.137. The topological polar surface area (TPSA) is 54.0 Å². The van der Waals surface area contributed by atoms with Crippen LogP contribution < -0.4 is 24.6 Å². The number of piperazine rings is 1. The number of hydrogen-bond donors (Lipinski definition) is 1. The fraction of sp³-hybridized carbons (Fsp3) is 0.375. The first-order valence-electron chi connectivity index (χ1n) is 17.0. The Bertz CT molecular complexity index is 1690. The number of alkyl halides is 3. The van der Waals surface area contributed by atoms with Crippen molar-refractivity contribution in [3.8, 4) is 22.6 Å². The summed E-state index contributed by atoms with van der Waals surface area (Å²) in [7, 11) is 3.25. The molecule has 1 saturated heterocycles. The number of carbonyl (C=O) groups is 1. The zero-order valence-electron chi connectivity index (χ0n) is 29.0. The lowest BCUT2D eigenvalue weighted by atomic mass is 9.90. The van der Waals surface area contributed by atoms with Gasteiger partial charge in [-0.1, -0.05) is 50.1 Å². The maximum atomic E-state index is 14.8. The summed E-state index contributed by atoms with van der Waals surface area (Å²) in [5.74, 6) is 1.31. The minimum Gasteiger partial charge on any atom is -0.496 e. The molecule has 49 heavy (non-hydrogen) atoms. The minimum absolute atomic E-state index is 0.142. The van der Waals surface area contributed by atoms with Crippen molar-refractivity contribution in [2.75, 3.05) is 50.2 Å². The van der Waals surface area contributed by atoms with E-state index in [1.54, 1.807) is 25.2 Å². The lowest BCUT2D eigenvalue weighted by Gasteiger charge is -2.30. The second-order valence-corrected chi connectivity index (χ2v) is 12.6. The smallest absolute Gasteiger partial charge is 0.416 e. The van der Waals surface area contributed by atoms with Crippen molar-refractivity contribution >= 4 is 17.3 Å². The van der Waals surface area contributed by atoms with Crippen LogP contribution in [0.2, 0.25) is 0 Å². The summed E-state index contributed by atoms with van der Waals surface area (Å²) in [4.78, 5) is 18.8. The van der Waals surface area contributed by atoms with Gasteiger partial charge < -0.3 is 24.6 Å². The SMILES string of the molecule is CCCC(CC)c1cc(OC)c(CN(C(=O)c2ccc(C)cc2-c2ccc(C(F)(F)F)cc2)c2ccc(N3CCNCC3)cc2)c(OC)c1. The molecule has 0 aromatic heterocycles. The second kappa shape index (κ2) is 15.8. The Balaban J connectivity index is 1.61. The van der Waals surface area contributed by atoms with E-state index in [1.807, 2.05) is 43.3 Å². The number of methoxy groups -OCH3 is 2. The van der Waals surface area contributed by atoms with Gasteiger partial charge in [-0.05, 0) is 97.0 Å². The highest BCUT2D eigenvalue weighted by Crippen LogP contribution is 2.39. The fourth-order valence-electron chi connectivity index (χ4n) is 6.62. The maximum absolute atomic E-state index is 14.8. The van der Waals surface area contributed by atoms with E-state index in [2.05, 4.69) is 36.2 Å². The number of carbonyl (C=O) groups excluding carboxylic acids is 1. The maximum Gasteiger partial charge on any atom is 0.416 e. The Morgan fingerprint density at radius 3 is 2.08 bits per heavy atom. The van der Waals surface area contributed by atoms with Gasteiger partial charge in [-0.25, -0.2) is 0 Å². The van der Waals surface area contributed by atoms with Gasteiger partial charge >= 0.3 is 6.18 Å². The monoisotopic (exact) mass is 673 g/mol. The van der Waals surface area contributed by atoms with Crippen molar-refractivity contribution < 1.29 is 27.4 Å². The van der Waals surface area contributed by atoms with Crippen molar-refractivity contribution in [3.63, 3.8) is 0 Å². The van der Waals surface area contributed by atoms with Crippen LogP contribution in [0.4, 0.5) is 24.5 Å². The van der Waals surface area contributed by atoms with E-state index < -0.39 is 11.7 Å². The predicted molar refractivity (Wildman–Crippen MR) is 191 cm³/mol. The molecule has 0 spiro atoms. The van der Waals surface area contributed by atoms with Crippen molar-refractivity contribution in [3.05, 3.63) is 107 Å². The summed E-state index contributed by atoms with van der Waals surface area (Å²) in [6.07, 6.45) is -1.40. The summed E-state index contributed by atoms with van der Waals surface area (Å²) in [5, 5.41) is 3.38. The Hall–Kier alpha value is -4.50. The Labute approximate surface area is 287 Å². The van der Waals surface area contributed by atoms with Crippen molar-refractivity contribution in [2.45, 2.75) is 58.7 Å². The third-order valence-electron chi connectivity index (χ3n) is 9.37. The third kappa shape index (κ3) is 8.21. The summed E-state index contributed by atoms with van der Waals surface area (Å²) >= 11 is 0. The number of hydrogen-bond acceptors (Lipinski definition) is 5. The van der Waals surface area contributed by atoms with Crippen LogP contribution in [0.15, 0.2) is 78.9 Å². The molecule has 0 radical (unpaired) electrons. The molecule has 1 amide bonds. The molecular formula is C40H46F3N3O3. The van der Waals surface area contributed by atoms with Gasteiger partial charge in [-0.15, -0.1) is 0 Å². The van der Waals surface area contributed by atoms with Crippen molar-refractivity contribution in [2.24, 2.45) is 0 Å². The Kier molecular flexibility index (Phi) is 11.5. The molecule has 5 rings (SSSR count). The number of amides is 1. The number of aryl methyl sites for hydroxylation is 1. The van der Waals surface area contributed by atoms with E-state index >= 15 is 0 Å². The molecule has 4 aromatic rings. The number of benzene rings is 4. The Morgan fingerprint density at radius 2 is 1.53 bits per heavy atom. The molecule has 1 heterocycles. The summed E-state index contributed by atoms with van der Waals surface area (Å²) in [6, 6.07) is 22.5. The molecule has 1 fully saturated rings.